The molecular formula is C10H11F2NOS. The van der Waals surface area contributed by atoms with Gasteiger partial charge in [0.2, 0.25) is 0 Å². The van der Waals surface area contributed by atoms with Crippen molar-refractivity contribution in [1.29, 1.82) is 0 Å². The third-order valence-electron chi connectivity index (χ3n) is 2.59. The smallest absolute Gasteiger partial charge is 0.142 e. The maximum absolute atomic E-state index is 13.4. The molecule has 1 aromatic carbocycles. The van der Waals surface area contributed by atoms with Gasteiger partial charge in [0.15, 0.2) is 0 Å². The molecule has 0 amide bonds. The van der Waals surface area contributed by atoms with Crippen LogP contribution in [0.4, 0.5) is 8.78 Å². The number of nitrogens with two attached hydrogens (primary N) is 1. The van der Waals surface area contributed by atoms with Gasteiger partial charge >= 0.3 is 0 Å². The van der Waals surface area contributed by atoms with E-state index in [1.165, 1.54) is 6.07 Å². The lowest BCUT2D eigenvalue weighted by atomic mass is 10.0. The van der Waals surface area contributed by atoms with Gasteiger partial charge in [0.25, 0.3) is 0 Å². The molecule has 1 heterocycles. The van der Waals surface area contributed by atoms with Gasteiger partial charge in [-0.1, -0.05) is 6.92 Å². The highest BCUT2D eigenvalue weighted by atomic mass is 32.2. The highest BCUT2D eigenvalue weighted by Crippen LogP contribution is 2.34. The Bertz CT molecular complexity index is 436. The molecule has 5 heteroatoms. The summed E-state index contributed by atoms with van der Waals surface area (Å²) < 4.78 is 38.2. The van der Waals surface area contributed by atoms with Crippen molar-refractivity contribution in [2.24, 2.45) is 5.73 Å². The Morgan fingerprint density at radius 1 is 1.47 bits per heavy atom. The van der Waals surface area contributed by atoms with Crippen LogP contribution in [0, 0.1) is 11.6 Å². The molecule has 2 N–H and O–H groups in total. The van der Waals surface area contributed by atoms with Crippen LogP contribution in [0.25, 0.3) is 0 Å². The van der Waals surface area contributed by atoms with E-state index in [2.05, 4.69) is 0 Å². The molecule has 0 bridgehead atoms. The van der Waals surface area contributed by atoms with Crippen LogP contribution in [0.1, 0.15) is 24.9 Å². The normalized spacial score (nSPS) is 30.0. The van der Waals surface area contributed by atoms with E-state index in [-0.39, 0.29) is 10.1 Å². The van der Waals surface area contributed by atoms with E-state index in [9.17, 15) is 13.0 Å². The van der Waals surface area contributed by atoms with Gasteiger partial charge in [0.1, 0.15) is 11.6 Å². The molecule has 1 aliphatic rings. The number of rotatable bonds is 0. The summed E-state index contributed by atoms with van der Waals surface area (Å²) in [6.45, 7) is 1.75. The third kappa shape index (κ3) is 1.70. The van der Waals surface area contributed by atoms with Gasteiger partial charge in [-0.2, -0.15) is 0 Å². The van der Waals surface area contributed by atoms with Crippen LogP contribution >= 0.6 is 0 Å². The molecule has 0 spiro atoms. The second-order valence-corrected chi connectivity index (χ2v) is 5.56. The van der Waals surface area contributed by atoms with E-state index in [1.807, 2.05) is 0 Å². The van der Waals surface area contributed by atoms with Crippen LogP contribution in [0.3, 0.4) is 0 Å². The van der Waals surface area contributed by atoms with E-state index < -0.39 is 28.5 Å². The monoisotopic (exact) mass is 231 g/mol. The van der Waals surface area contributed by atoms with Crippen molar-refractivity contribution in [2.45, 2.75) is 29.5 Å². The fourth-order valence-corrected chi connectivity index (χ4v) is 3.32. The third-order valence-corrected chi connectivity index (χ3v) is 4.35. The highest BCUT2D eigenvalue weighted by Gasteiger charge is 2.31. The quantitative estimate of drug-likeness (QED) is 0.740. The maximum atomic E-state index is 13.4. The van der Waals surface area contributed by atoms with Gasteiger partial charge in [0.05, 0.1) is 15.7 Å². The van der Waals surface area contributed by atoms with E-state index in [1.54, 1.807) is 6.92 Å². The first-order valence-electron chi connectivity index (χ1n) is 4.66. The standard InChI is InChI=1S/C10H11F2NOS/c1-5-2-9(13)7-3-6(11)4-8(12)10(7)15(5)14/h3-5,9H,2,13H2,1H3. The summed E-state index contributed by atoms with van der Waals surface area (Å²) in [7, 11) is -1.42. The molecule has 82 valence electrons. The van der Waals surface area contributed by atoms with Crippen LogP contribution in [-0.4, -0.2) is 9.46 Å². The molecule has 0 saturated heterocycles. The minimum atomic E-state index is -1.42. The first kappa shape index (κ1) is 10.7. The van der Waals surface area contributed by atoms with Gasteiger partial charge in [0, 0.05) is 17.4 Å². The summed E-state index contributed by atoms with van der Waals surface area (Å²) in [6, 6.07) is 1.49. The lowest BCUT2D eigenvalue weighted by molar-refractivity contribution is 0.523. The predicted octanol–water partition coefficient (Wildman–Crippen LogP) is 1.86. The van der Waals surface area contributed by atoms with Crippen LogP contribution in [0.5, 0.6) is 0 Å². The first-order valence-corrected chi connectivity index (χ1v) is 5.87. The zero-order chi connectivity index (χ0) is 11.2. The van der Waals surface area contributed by atoms with Crippen molar-refractivity contribution in [2.75, 3.05) is 0 Å². The van der Waals surface area contributed by atoms with Gasteiger partial charge in [-0.05, 0) is 18.1 Å². The van der Waals surface area contributed by atoms with Crippen molar-refractivity contribution in [3.8, 4) is 0 Å². The molecule has 2 rings (SSSR count). The lowest BCUT2D eigenvalue weighted by Crippen LogP contribution is -2.28. The minimum absolute atomic E-state index is 0.0719. The topological polar surface area (TPSA) is 43.1 Å². The van der Waals surface area contributed by atoms with E-state index in [0.717, 1.165) is 6.07 Å². The van der Waals surface area contributed by atoms with Crippen LogP contribution in [0.2, 0.25) is 0 Å². The van der Waals surface area contributed by atoms with Gasteiger partial charge in [-0.3, -0.25) is 4.21 Å². The Hall–Kier alpha value is -0.810. The summed E-state index contributed by atoms with van der Waals surface area (Å²) in [6.07, 6.45) is 0.489. The molecule has 0 radical (unpaired) electrons. The molecule has 1 aliphatic heterocycles. The molecular weight excluding hydrogens is 220 g/mol. The largest absolute Gasteiger partial charge is 0.324 e. The van der Waals surface area contributed by atoms with Crippen molar-refractivity contribution in [1.82, 2.24) is 0 Å². The Morgan fingerprint density at radius 3 is 2.80 bits per heavy atom. The van der Waals surface area contributed by atoms with E-state index >= 15 is 0 Å². The molecule has 3 atom stereocenters. The maximum Gasteiger partial charge on any atom is 0.142 e. The van der Waals surface area contributed by atoms with Crippen molar-refractivity contribution < 1.29 is 13.0 Å². The fourth-order valence-electron chi connectivity index (χ4n) is 1.84. The SMILES string of the molecule is CC1CC(N)c2cc(F)cc(F)c2S1=O. The van der Waals surface area contributed by atoms with Crippen LogP contribution in [0.15, 0.2) is 17.0 Å². The minimum Gasteiger partial charge on any atom is -0.324 e. The summed E-state index contributed by atoms with van der Waals surface area (Å²) in [5.74, 6) is -1.43. The van der Waals surface area contributed by atoms with Gasteiger partial charge in [-0.25, -0.2) is 8.78 Å². The van der Waals surface area contributed by atoms with E-state index in [4.69, 9.17) is 5.73 Å². The lowest BCUT2D eigenvalue weighted by Gasteiger charge is -2.26. The molecule has 1 aromatic rings. The van der Waals surface area contributed by atoms with Crippen molar-refractivity contribution in [3.63, 3.8) is 0 Å². The number of fused-ring (bicyclic) bond motifs is 1. The first-order chi connectivity index (χ1) is 7.00. The number of benzene rings is 1. The summed E-state index contributed by atoms with van der Waals surface area (Å²) in [5, 5.41) is -0.188. The van der Waals surface area contributed by atoms with Crippen molar-refractivity contribution >= 4 is 10.8 Å². The fraction of sp³-hybridized carbons (Fsp3) is 0.400. The van der Waals surface area contributed by atoms with E-state index in [0.29, 0.717) is 12.0 Å². The molecule has 0 saturated carbocycles. The molecule has 15 heavy (non-hydrogen) atoms. The highest BCUT2D eigenvalue weighted by molar-refractivity contribution is 7.85. The predicted molar refractivity (Wildman–Crippen MR) is 53.8 cm³/mol. The average Bonchev–Trinajstić information content (AvgIpc) is 2.13. The second-order valence-electron chi connectivity index (χ2n) is 3.76. The van der Waals surface area contributed by atoms with Gasteiger partial charge in [-0.15, -0.1) is 0 Å². The average molecular weight is 231 g/mol. The molecule has 0 fully saturated rings. The zero-order valence-corrected chi connectivity index (χ0v) is 8.98. The Morgan fingerprint density at radius 2 is 2.13 bits per heavy atom. The zero-order valence-electron chi connectivity index (χ0n) is 8.17. The van der Waals surface area contributed by atoms with Crippen LogP contribution < -0.4 is 5.73 Å². The molecule has 3 unspecified atom stereocenters. The molecule has 0 aromatic heterocycles. The summed E-state index contributed by atoms with van der Waals surface area (Å²) >= 11 is 0. The number of hydrogen-bond donors (Lipinski definition) is 1. The Kier molecular flexibility index (Phi) is 2.60. The second kappa shape index (κ2) is 3.64. The molecule has 0 aliphatic carbocycles. The van der Waals surface area contributed by atoms with Gasteiger partial charge < -0.3 is 5.73 Å². The molecule has 2 nitrogen and oxygen atoms in total. The number of hydrogen-bond acceptors (Lipinski definition) is 2. The van der Waals surface area contributed by atoms with Crippen molar-refractivity contribution in [3.05, 3.63) is 29.3 Å². The Labute approximate surface area is 88.9 Å². The Balaban J connectivity index is 2.66. The summed E-state index contributed by atoms with van der Waals surface area (Å²) in [5.41, 5.74) is 6.11. The number of halogens is 2. The van der Waals surface area contributed by atoms with Crippen LogP contribution in [-0.2, 0) is 10.8 Å². The summed E-state index contributed by atoms with van der Waals surface area (Å²) in [4.78, 5) is 0.0719.